The van der Waals surface area contributed by atoms with E-state index < -0.39 is 29.0 Å². The van der Waals surface area contributed by atoms with E-state index in [-0.39, 0.29) is 60.8 Å². The molecule has 0 unspecified atom stereocenters. The van der Waals surface area contributed by atoms with Crippen LogP contribution in [0.1, 0.15) is 18.9 Å². The zero-order valence-corrected chi connectivity index (χ0v) is 18.4. The number of morpholine rings is 1. The SMILES string of the molecule is COCC(=O)N1[C@H](C)C[C@@]2(COCC(=O)N2)[C@@H]1Cc1cccc(-c2cc(F)cc(F)c2)c1F. The van der Waals surface area contributed by atoms with Crippen LogP contribution in [0.25, 0.3) is 11.1 Å². The van der Waals surface area contributed by atoms with Crippen LogP contribution in [0.3, 0.4) is 0 Å². The summed E-state index contributed by atoms with van der Waals surface area (Å²) in [6.45, 7) is 1.81. The molecular formula is C24H25F3N2O4. The number of amides is 2. The van der Waals surface area contributed by atoms with Gasteiger partial charge in [-0.25, -0.2) is 13.2 Å². The predicted octanol–water partition coefficient (Wildman–Crippen LogP) is 2.83. The Balaban J connectivity index is 1.74. The van der Waals surface area contributed by atoms with E-state index in [9.17, 15) is 18.4 Å². The fraction of sp³-hybridized carbons (Fsp3) is 0.417. The van der Waals surface area contributed by atoms with E-state index in [1.807, 2.05) is 6.92 Å². The first kappa shape index (κ1) is 23.3. The fourth-order valence-electron chi connectivity index (χ4n) is 5.09. The monoisotopic (exact) mass is 462 g/mol. The number of ether oxygens (including phenoxy) is 2. The molecule has 0 bridgehead atoms. The van der Waals surface area contributed by atoms with Crippen LogP contribution >= 0.6 is 0 Å². The Hall–Kier alpha value is -2.91. The zero-order chi connectivity index (χ0) is 23.8. The molecule has 2 aromatic rings. The molecule has 0 aliphatic carbocycles. The van der Waals surface area contributed by atoms with Crippen LogP contribution in [0.5, 0.6) is 0 Å². The summed E-state index contributed by atoms with van der Waals surface area (Å²) in [7, 11) is 1.41. The van der Waals surface area contributed by atoms with Crippen molar-refractivity contribution in [1.29, 1.82) is 0 Å². The molecule has 1 spiro atoms. The van der Waals surface area contributed by atoms with Crippen LogP contribution < -0.4 is 5.32 Å². The van der Waals surface area contributed by atoms with Gasteiger partial charge in [0, 0.05) is 24.8 Å². The summed E-state index contributed by atoms with van der Waals surface area (Å²) in [5.41, 5.74) is -0.510. The molecular weight excluding hydrogens is 437 g/mol. The van der Waals surface area contributed by atoms with Crippen LogP contribution in [-0.2, 0) is 25.5 Å². The first-order valence-electron chi connectivity index (χ1n) is 10.7. The Morgan fingerprint density at radius 3 is 2.64 bits per heavy atom. The van der Waals surface area contributed by atoms with Gasteiger partial charge in [-0.1, -0.05) is 18.2 Å². The van der Waals surface area contributed by atoms with Crippen molar-refractivity contribution in [3.63, 3.8) is 0 Å². The second-order valence-corrected chi connectivity index (χ2v) is 8.64. The number of benzene rings is 2. The predicted molar refractivity (Wildman–Crippen MR) is 114 cm³/mol. The third kappa shape index (κ3) is 4.47. The quantitative estimate of drug-likeness (QED) is 0.742. The van der Waals surface area contributed by atoms with Gasteiger partial charge in [0.2, 0.25) is 11.8 Å². The summed E-state index contributed by atoms with van der Waals surface area (Å²) in [5, 5.41) is 2.98. The zero-order valence-electron chi connectivity index (χ0n) is 18.4. The molecule has 0 saturated carbocycles. The van der Waals surface area contributed by atoms with Crippen molar-refractivity contribution in [3.8, 4) is 11.1 Å². The molecule has 0 radical (unpaired) electrons. The minimum absolute atomic E-state index is 0.0460. The summed E-state index contributed by atoms with van der Waals surface area (Å²) < 4.78 is 53.6. The minimum Gasteiger partial charge on any atom is -0.375 e. The summed E-state index contributed by atoms with van der Waals surface area (Å²) in [4.78, 5) is 26.7. The number of hydrogen-bond acceptors (Lipinski definition) is 4. The lowest BCUT2D eigenvalue weighted by Crippen LogP contribution is -2.64. The fourth-order valence-corrected chi connectivity index (χ4v) is 5.09. The summed E-state index contributed by atoms with van der Waals surface area (Å²) >= 11 is 0. The van der Waals surface area contributed by atoms with Gasteiger partial charge >= 0.3 is 0 Å². The molecule has 9 heteroatoms. The van der Waals surface area contributed by atoms with E-state index in [1.165, 1.54) is 13.2 Å². The number of carbonyl (C=O) groups excluding carboxylic acids is 2. The first-order chi connectivity index (χ1) is 15.7. The third-order valence-electron chi connectivity index (χ3n) is 6.31. The topological polar surface area (TPSA) is 67.9 Å². The highest BCUT2D eigenvalue weighted by molar-refractivity contribution is 5.81. The van der Waals surface area contributed by atoms with Crippen molar-refractivity contribution in [2.45, 2.75) is 37.4 Å². The highest BCUT2D eigenvalue weighted by atomic mass is 19.1. The van der Waals surface area contributed by atoms with Gasteiger partial charge in [0.25, 0.3) is 0 Å². The van der Waals surface area contributed by atoms with Gasteiger partial charge in [-0.2, -0.15) is 0 Å². The molecule has 1 N–H and O–H groups in total. The molecule has 33 heavy (non-hydrogen) atoms. The number of nitrogens with zero attached hydrogens (tertiary/aromatic N) is 1. The molecule has 4 rings (SSSR count). The van der Waals surface area contributed by atoms with Gasteiger partial charge in [-0.3, -0.25) is 9.59 Å². The molecule has 2 aromatic carbocycles. The number of hydrogen-bond donors (Lipinski definition) is 1. The number of methoxy groups -OCH3 is 1. The third-order valence-corrected chi connectivity index (χ3v) is 6.31. The summed E-state index contributed by atoms with van der Waals surface area (Å²) in [5.74, 6) is -2.84. The van der Waals surface area contributed by atoms with Gasteiger partial charge in [0.1, 0.15) is 30.7 Å². The Kier molecular flexibility index (Phi) is 6.45. The molecule has 2 fully saturated rings. The van der Waals surface area contributed by atoms with E-state index in [2.05, 4.69) is 5.32 Å². The summed E-state index contributed by atoms with van der Waals surface area (Å²) in [6, 6.07) is 6.60. The standard InChI is InChI=1S/C24H25F3N2O4/c1-14-10-24(13-33-11-21(30)28-24)20(29(14)22(31)12-32-2)8-15-4-3-5-19(23(15)27)16-6-17(25)9-18(26)7-16/h3-7,9,14,20H,8,10-13H2,1-2H3,(H,28,30)/t14-,20+,24-/m1/s1. The van der Waals surface area contributed by atoms with Crippen LogP contribution in [-0.4, -0.2) is 61.3 Å². The smallest absolute Gasteiger partial charge is 0.249 e. The lowest BCUT2D eigenvalue weighted by atomic mass is 9.84. The van der Waals surface area contributed by atoms with Crippen LogP contribution in [0.2, 0.25) is 0 Å². The van der Waals surface area contributed by atoms with Crippen molar-refractivity contribution in [2.75, 3.05) is 26.9 Å². The lowest BCUT2D eigenvalue weighted by molar-refractivity contribution is -0.142. The van der Waals surface area contributed by atoms with Crippen molar-refractivity contribution in [2.24, 2.45) is 0 Å². The average Bonchev–Trinajstić information content (AvgIpc) is 2.99. The van der Waals surface area contributed by atoms with Gasteiger partial charge in [0.05, 0.1) is 18.2 Å². The highest BCUT2D eigenvalue weighted by Crippen LogP contribution is 2.38. The molecule has 0 aromatic heterocycles. The van der Waals surface area contributed by atoms with E-state index in [4.69, 9.17) is 9.47 Å². The normalized spacial score (nSPS) is 24.9. The van der Waals surface area contributed by atoms with E-state index >= 15 is 4.39 Å². The van der Waals surface area contributed by atoms with Gasteiger partial charge in [-0.15, -0.1) is 0 Å². The molecule has 2 amide bonds. The minimum atomic E-state index is -0.883. The Labute approximate surface area is 189 Å². The van der Waals surface area contributed by atoms with Crippen molar-refractivity contribution in [1.82, 2.24) is 10.2 Å². The van der Waals surface area contributed by atoms with Crippen molar-refractivity contribution in [3.05, 3.63) is 59.4 Å². The number of nitrogens with one attached hydrogen (secondary N) is 1. The Bertz CT molecular complexity index is 1060. The van der Waals surface area contributed by atoms with Gasteiger partial charge in [-0.05, 0) is 43.0 Å². The average molecular weight is 462 g/mol. The molecule has 2 aliphatic rings. The lowest BCUT2D eigenvalue weighted by Gasteiger charge is -2.41. The molecule has 2 saturated heterocycles. The highest BCUT2D eigenvalue weighted by Gasteiger charge is 2.54. The maximum absolute atomic E-state index is 15.6. The molecule has 2 aliphatic heterocycles. The number of rotatable bonds is 5. The van der Waals surface area contributed by atoms with Gasteiger partial charge < -0.3 is 19.7 Å². The van der Waals surface area contributed by atoms with Crippen LogP contribution in [0.4, 0.5) is 13.2 Å². The number of carbonyl (C=O) groups is 2. The Morgan fingerprint density at radius 1 is 1.24 bits per heavy atom. The maximum atomic E-state index is 15.6. The first-order valence-corrected chi connectivity index (χ1v) is 10.7. The largest absolute Gasteiger partial charge is 0.375 e. The summed E-state index contributed by atoms with van der Waals surface area (Å²) in [6.07, 6.45) is 0.510. The number of halogens is 3. The van der Waals surface area contributed by atoms with E-state index in [0.29, 0.717) is 6.42 Å². The van der Waals surface area contributed by atoms with Crippen molar-refractivity contribution < 1.29 is 32.2 Å². The van der Waals surface area contributed by atoms with E-state index in [1.54, 1.807) is 17.0 Å². The van der Waals surface area contributed by atoms with E-state index in [0.717, 1.165) is 18.2 Å². The van der Waals surface area contributed by atoms with Crippen LogP contribution in [0.15, 0.2) is 36.4 Å². The molecule has 6 nitrogen and oxygen atoms in total. The van der Waals surface area contributed by atoms with Gasteiger partial charge in [0.15, 0.2) is 0 Å². The number of likely N-dealkylation sites (tertiary alicyclic amines) is 1. The van der Waals surface area contributed by atoms with Crippen LogP contribution in [0, 0.1) is 17.5 Å². The molecule has 176 valence electrons. The Morgan fingerprint density at radius 2 is 1.97 bits per heavy atom. The van der Waals surface area contributed by atoms with Crippen molar-refractivity contribution >= 4 is 11.8 Å². The second kappa shape index (κ2) is 9.15. The second-order valence-electron chi connectivity index (χ2n) is 8.64. The maximum Gasteiger partial charge on any atom is 0.249 e. The molecule has 2 heterocycles. The molecule has 3 atom stereocenters.